The van der Waals surface area contributed by atoms with Crippen molar-refractivity contribution in [3.63, 3.8) is 0 Å². The maximum Gasteiger partial charge on any atom is 0.267 e. The summed E-state index contributed by atoms with van der Waals surface area (Å²) in [5.41, 5.74) is 2.42. The minimum absolute atomic E-state index is 0.0745. The number of nitrogens with zero attached hydrogens (tertiary/aromatic N) is 7. The van der Waals surface area contributed by atoms with Crippen LogP contribution >= 0.6 is 0 Å². The maximum absolute atomic E-state index is 12.4. The quantitative estimate of drug-likeness (QED) is 0.724. The van der Waals surface area contributed by atoms with Gasteiger partial charge in [-0.05, 0) is 57.9 Å². The average molecular weight is 392 g/mol. The van der Waals surface area contributed by atoms with Gasteiger partial charge in [0, 0.05) is 23.4 Å². The predicted molar refractivity (Wildman–Crippen MR) is 107 cm³/mol. The van der Waals surface area contributed by atoms with Crippen LogP contribution in [-0.2, 0) is 12.8 Å². The van der Waals surface area contributed by atoms with Crippen LogP contribution in [0.2, 0.25) is 0 Å². The van der Waals surface area contributed by atoms with Gasteiger partial charge in [-0.25, -0.2) is 24.3 Å². The van der Waals surface area contributed by atoms with Gasteiger partial charge in [0.2, 0.25) is 0 Å². The average Bonchev–Trinajstić information content (AvgIpc) is 3.41. The first kappa shape index (κ1) is 18.0. The standard InChI is InChI=1S/C20H24N8O/c1-13-23-17-4-2-3-16(17)20(24-13)25-14-5-7-15(8-6-14)28-19(29)10-9-18(26-28)27-12-21-11-22-27/h9-12,14-15H,2-8H2,1H3,(H,23,24,25). The summed E-state index contributed by atoms with van der Waals surface area (Å²) in [7, 11) is 0. The second kappa shape index (κ2) is 7.38. The molecule has 2 aliphatic rings. The summed E-state index contributed by atoms with van der Waals surface area (Å²) in [5.74, 6) is 2.45. The minimum atomic E-state index is -0.0745. The molecule has 0 saturated heterocycles. The van der Waals surface area contributed by atoms with Crippen LogP contribution in [-0.4, -0.2) is 40.6 Å². The fourth-order valence-electron chi connectivity index (χ4n) is 4.46. The van der Waals surface area contributed by atoms with Gasteiger partial charge in [-0.1, -0.05) is 0 Å². The Morgan fingerprint density at radius 1 is 1.10 bits per heavy atom. The number of aryl methyl sites for hydroxylation is 2. The molecular formula is C20H24N8O. The molecule has 1 N–H and O–H groups in total. The molecule has 3 aromatic rings. The van der Waals surface area contributed by atoms with Crippen molar-refractivity contribution in [1.29, 1.82) is 0 Å². The van der Waals surface area contributed by atoms with Gasteiger partial charge in [-0.3, -0.25) is 4.79 Å². The second-order valence-electron chi connectivity index (χ2n) is 7.86. The predicted octanol–water partition coefficient (Wildman–Crippen LogP) is 2.01. The molecule has 0 bridgehead atoms. The number of fused-ring (bicyclic) bond motifs is 1. The summed E-state index contributed by atoms with van der Waals surface area (Å²) < 4.78 is 3.18. The number of nitrogens with one attached hydrogen (secondary N) is 1. The first-order valence-electron chi connectivity index (χ1n) is 10.2. The molecule has 0 unspecified atom stereocenters. The summed E-state index contributed by atoms with van der Waals surface area (Å²) >= 11 is 0. The second-order valence-corrected chi connectivity index (χ2v) is 7.86. The van der Waals surface area contributed by atoms with Crippen LogP contribution < -0.4 is 10.9 Å². The SMILES string of the molecule is Cc1nc2c(c(NC3CCC(n4nc(-n5cncn5)ccc4=O)CC3)n1)CCC2. The van der Waals surface area contributed by atoms with Crippen LogP contribution in [0.5, 0.6) is 0 Å². The highest BCUT2D eigenvalue weighted by molar-refractivity contribution is 5.49. The molecule has 150 valence electrons. The Balaban J connectivity index is 1.29. The van der Waals surface area contributed by atoms with E-state index in [4.69, 9.17) is 0 Å². The molecule has 3 heterocycles. The van der Waals surface area contributed by atoms with Crippen LogP contribution in [0.15, 0.2) is 29.6 Å². The monoisotopic (exact) mass is 392 g/mol. The van der Waals surface area contributed by atoms with Crippen molar-refractivity contribution in [2.24, 2.45) is 0 Å². The van der Waals surface area contributed by atoms with Gasteiger partial charge in [0.1, 0.15) is 24.3 Å². The van der Waals surface area contributed by atoms with Crippen molar-refractivity contribution < 1.29 is 0 Å². The zero-order valence-electron chi connectivity index (χ0n) is 16.5. The summed E-state index contributed by atoms with van der Waals surface area (Å²) in [6.45, 7) is 1.96. The smallest absolute Gasteiger partial charge is 0.267 e. The summed E-state index contributed by atoms with van der Waals surface area (Å²) in [6.07, 6.45) is 10.1. The summed E-state index contributed by atoms with van der Waals surface area (Å²) in [4.78, 5) is 25.6. The highest BCUT2D eigenvalue weighted by atomic mass is 16.1. The van der Waals surface area contributed by atoms with Gasteiger partial charge < -0.3 is 5.32 Å². The molecule has 0 aromatic carbocycles. The fraction of sp³-hybridized carbons (Fsp3) is 0.500. The first-order chi connectivity index (χ1) is 14.2. The lowest BCUT2D eigenvalue weighted by atomic mass is 9.91. The van der Waals surface area contributed by atoms with Gasteiger partial charge >= 0.3 is 0 Å². The van der Waals surface area contributed by atoms with Gasteiger partial charge in [0.05, 0.1) is 6.04 Å². The molecule has 29 heavy (non-hydrogen) atoms. The highest BCUT2D eigenvalue weighted by Crippen LogP contribution is 2.31. The number of rotatable bonds is 4. The molecule has 0 atom stereocenters. The van der Waals surface area contributed by atoms with E-state index in [-0.39, 0.29) is 11.6 Å². The minimum Gasteiger partial charge on any atom is -0.367 e. The third kappa shape index (κ3) is 3.52. The fourth-order valence-corrected chi connectivity index (χ4v) is 4.46. The van der Waals surface area contributed by atoms with Gasteiger partial charge in [-0.2, -0.15) is 5.10 Å². The lowest BCUT2D eigenvalue weighted by Crippen LogP contribution is -2.34. The molecule has 2 aliphatic carbocycles. The Morgan fingerprint density at radius 3 is 2.76 bits per heavy atom. The molecule has 1 fully saturated rings. The third-order valence-corrected chi connectivity index (χ3v) is 5.89. The lowest BCUT2D eigenvalue weighted by molar-refractivity contribution is 0.302. The lowest BCUT2D eigenvalue weighted by Gasteiger charge is -2.30. The Bertz CT molecular complexity index is 1070. The van der Waals surface area contributed by atoms with Crippen LogP contribution in [0.4, 0.5) is 5.82 Å². The van der Waals surface area contributed by atoms with Crippen molar-refractivity contribution in [3.8, 4) is 5.82 Å². The van der Waals surface area contributed by atoms with Crippen LogP contribution in [0.3, 0.4) is 0 Å². The molecule has 9 nitrogen and oxygen atoms in total. The van der Waals surface area contributed by atoms with Crippen LogP contribution in [0.1, 0.15) is 55.2 Å². The Hall–Kier alpha value is -3.10. The summed E-state index contributed by atoms with van der Waals surface area (Å²) in [6, 6.07) is 3.70. The van der Waals surface area contributed by atoms with Gasteiger partial charge in [0.15, 0.2) is 5.82 Å². The molecule has 1 saturated carbocycles. The molecule has 0 amide bonds. The number of hydrogen-bond donors (Lipinski definition) is 1. The van der Waals surface area contributed by atoms with E-state index in [0.29, 0.717) is 11.9 Å². The van der Waals surface area contributed by atoms with E-state index in [1.165, 1.54) is 17.6 Å². The Labute approximate surface area is 168 Å². The Morgan fingerprint density at radius 2 is 1.97 bits per heavy atom. The van der Waals surface area contributed by atoms with Crippen molar-refractivity contribution in [2.45, 2.75) is 64.0 Å². The van der Waals surface area contributed by atoms with Crippen molar-refractivity contribution >= 4 is 5.82 Å². The number of aromatic nitrogens is 7. The van der Waals surface area contributed by atoms with E-state index in [0.717, 1.165) is 56.6 Å². The number of hydrogen-bond acceptors (Lipinski definition) is 7. The first-order valence-corrected chi connectivity index (χ1v) is 10.2. The number of anilines is 1. The highest BCUT2D eigenvalue weighted by Gasteiger charge is 2.26. The van der Waals surface area contributed by atoms with E-state index >= 15 is 0 Å². The van der Waals surface area contributed by atoms with Crippen LogP contribution in [0.25, 0.3) is 5.82 Å². The van der Waals surface area contributed by atoms with E-state index in [9.17, 15) is 4.79 Å². The van der Waals surface area contributed by atoms with Crippen molar-refractivity contribution in [2.75, 3.05) is 5.32 Å². The molecular weight excluding hydrogens is 368 g/mol. The van der Waals surface area contributed by atoms with E-state index in [1.807, 2.05) is 6.92 Å². The van der Waals surface area contributed by atoms with E-state index < -0.39 is 0 Å². The third-order valence-electron chi connectivity index (χ3n) is 5.89. The normalized spacial score (nSPS) is 21.1. The molecule has 0 aliphatic heterocycles. The summed E-state index contributed by atoms with van der Waals surface area (Å²) in [5, 5.41) is 12.3. The van der Waals surface area contributed by atoms with Crippen molar-refractivity contribution in [1.82, 2.24) is 34.5 Å². The molecule has 0 spiro atoms. The van der Waals surface area contributed by atoms with Crippen molar-refractivity contribution in [3.05, 3.63) is 52.2 Å². The molecule has 9 heteroatoms. The van der Waals surface area contributed by atoms with E-state index in [2.05, 4.69) is 30.5 Å². The van der Waals surface area contributed by atoms with Gasteiger partial charge in [-0.15, -0.1) is 5.10 Å². The topological polar surface area (TPSA) is 103 Å². The Kier molecular flexibility index (Phi) is 4.57. The zero-order chi connectivity index (χ0) is 19.8. The molecule has 0 radical (unpaired) electrons. The van der Waals surface area contributed by atoms with Gasteiger partial charge in [0.25, 0.3) is 5.56 Å². The van der Waals surface area contributed by atoms with E-state index in [1.54, 1.807) is 27.8 Å². The largest absolute Gasteiger partial charge is 0.367 e. The zero-order valence-corrected chi connectivity index (χ0v) is 16.5. The van der Waals surface area contributed by atoms with Crippen LogP contribution in [0, 0.1) is 6.92 Å². The maximum atomic E-state index is 12.4. The molecule has 3 aromatic heterocycles. The molecule has 5 rings (SSSR count).